The lowest BCUT2D eigenvalue weighted by Crippen LogP contribution is -2.12. The van der Waals surface area contributed by atoms with Gasteiger partial charge in [0.05, 0.1) is 16.4 Å². The van der Waals surface area contributed by atoms with E-state index >= 15 is 0 Å². The van der Waals surface area contributed by atoms with E-state index in [2.05, 4.69) is 30.0 Å². The Labute approximate surface area is 143 Å². The Morgan fingerprint density at radius 2 is 2.04 bits per heavy atom. The molecule has 3 heterocycles. The van der Waals surface area contributed by atoms with E-state index in [1.807, 2.05) is 31.2 Å². The summed E-state index contributed by atoms with van der Waals surface area (Å²) in [5, 5.41) is 5.82. The molecule has 0 aliphatic heterocycles. The minimum absolute atomic E-state index is 0.0436. The first-order valence-corrected chi connectivity index (χ1v) is 8.94. The number of thiophene rings is 1. The van der Waals surface area contributed by atoms with Crippen LogP contribution >= 0.6 is 11.3 Å². The summed E-state index contributed by atoms with van der Waals surface area (Å²) < 4.78 is 1.64. The van der Waals surface area contributed by atoms with Gasteiger partial charge in [0.25, 0.3) is 5.56 Å². The lowest BCUT2D eigenvalue weighted by atomic mass is 10.1. The maximum atomic E-state index is 12.8. The average molecular weight is 337 g/mol. The van der Waals surface area contributed by atoms with Crippen molar-refractivity contribution in [3.05, 3.63) is 57.3 Å². The van der Waals surface area contributed by atoms with Crippen LogP contribution in [0.2, 0.25) is 0 Å². The van der Waals surface area contributed by atoms with Crippen LogP contribution in [0.5, 0.6) is 0 Å². The van der Waals surface area contributed by atoms with Crippen LogP contribution < -0.4 is 5.56 Å². The van der Waals surface area contributed by atoms with Gasteiger partial charge in [-0.05, 0) is 43.0 Å². The van der Waals surface area contributed by atoms with Gasteiger partial charge in [0, 0.05) is 16.5 Å². The number of H-pyrrole nitrogens is 1. The molecule has 0 saturated heterocycles. The van der Waals surface area contributed by atoms with Crippen LogP contribution in [-0.4, -0.2) is 14.8 Å². The van der Waals surface area contributed by atoms with Crippen LogP contribution in [0.3, 0.4) is 0 Å². The number of pyridine rings is 1. The summed E-state index contributed by atoms with van der Waals surface area (Å²) in [4.78, 5) is 18.5. The van der Waals surface area contributed by atoms with Crippen LogP contribution in [0.15, 0.2) is 41.3 Å². The first-order valence-electron chi connectivity index (χ1n) is 8.12. The highest BCUT2D eigenvalue weighted by atomic mass is 32.1. The van der Waals surface area contributed by atoms with Crippen LogP contribution in [0.4, 0.5) is 0 Å². The van der Waals surface area contributed by atoms with Gasteiger partial charge in [0.15, 0.2) is 0 Å². The smallest absolute Gasteiger partial charge is 0.281 e. The fraction of sp³-hybridized carbons (Fsp3) is 0.263. The Balaban J connectivity index is 1.90. The fourth-order valence-electron chi connectivity index (χ4n) is 3.02. The molecule has 0 bridgehead atoms. The Kier molecular flexibility index (Phi) is 3.53. The highest BCUT2D eigenvalue weighted by Crippen LogP contribution is 2.25. The monoisotopic (exact) mass is 337 g/mol. The number of aromatic nitrogens is 3. The molecule has 1 N–H and O–H groups in total. The third kappa shape index (κ3) is 2.45. The van der Waals surface area contributed by atoms with Crippen molar-refractivity contribution in [2.24, 2.45) is 5.92 Å². The number of benzene rings is 1. The van der Waals surface area contributed by atoms with Gasteiger partial charge in [-0.15, -0.1) is 11.3 Å². The first-order chi connectivity index (χ1) is 11.5. The second kappa shape index (κ2) is 5.60. The zero-order chi connectivity index (χ0) is 16.8. The molecular formula is C19H19N3OS. The van der Waals surface area contributed by atoms with E-state index in [1.165, 1.54) is 4.88 Å². The summed E-state index contributed by atoms with van der Waals surface area (Å²) in [6, 6.07) is 10.2. The van der Waals surface area contributed by atoms with Gasteiger partial charge in [-0.1, -0.05) is 26.0 Å². The molecule has 1 aromatic carbocycles. The largest absolute Gasteiger partial charge is 0.289 e. The maximum absolute atomic E-state index is 12.8. The molecule has 0 aliphatic carbocycles. The standard InChI is InChI=1S/C19H19N3OS/c1-11(2)8-13-5-7-17(24-13)22-19(23)15-10-20-16-9-12(3)4-6-14(16)18(15)21-22/h4-7,9-11,21H,8H2,1-3H3. The number of aryl methyl sites for hydroxylation is 1. The van der Waals surface area contributed by atoms with Crippen molar-refractivity contribution in [3.63, 3.8) is 0 Å². The minimum atomic E-state index is -0.0436. The molecule has 5 heteroatoms. The van der Waals surface area contributed by atoms with Gasteiger partial charge in [0.2, 0.25) is 0 Å². The van der Waals surface area contributed by atoms with Crippen molar-refractivity contribution in [3.8, 4) is 5.00 Å². The number of aromatic amines is 1. The van der Waals surface area contributed by atoms with Gasteiger partial charge < -0.3 is 0 Å². The predicted molar refractivity (Wildman–Crippen MR) is 100 cm³/mol. The number of nitrogens with zero attached hydrogens (tertiary/aromatic N) is 2. The number of rotatable bonds is 3. The van der Waals surface area contributed by atoms with Gasteiger partial charge in [-0.3, -0.25) is 14.9 Å². The van der Waals surface area contributed by atoms with E-state index < -0.39 is 0 Å². The Bertz CT molecular complexity index is 1100. The molecule has 4 rings (SSSR count). The summed E-state index contributed by atoms with van der Waals surface area (Å²) >= 11 is 1.66. The fourth-order valence-corrected chi connectivity index (χ4v) is 4.20. The van der Waals surface area contributed by atoms with Crippen LogP contribution in [0.1, 0.15) is 24.3 Å². The second-order valence-corrected chi connectivity index (χ2v) is 7.80. The Morgan fingerprint density at radius 1 is 1.21 bits per heavy atom. The van der Waals surface area contributed by atoms with E-state index in [1.54, 1.807) is 22.2 Å². The normalized spacial score (nSPS) is 11.8. The highest BCUT2D eigenvalue weighted by molar-refractivity contribution is 7.14. The van der Waals surface area contributed by atoms with Crippen LogP contribution in [0.25, 0.3) is 26.8 Å². The predicted octanol–water partition coefficient (Wildman–Crippen LogP) is 4.44. The topological polar surface area (TPSA) is 50.7 Å². The number of nitrogens with one attached hydrogen (secondary N) is 1. The maximum Gasteiger partial charge on any atom is 0.281 e. The number of hydrogen-bond donors (Lipinski definition) is 1. The number of fused-ring (bicyclic) bond motifs is 3. The lowest BCUT2D eigenvalue weighted by molar-refractivity contribution is 0.654. The van der Waals surface area contributed by atoms with E-state index in [-0.39, 0.29) is 5.56 Å². The molecule has 0 spiro atoms. The summed E-state index contributed by atoms with van der Waals surface area (Å²) in [5.41, 5.74) is 2.87. The lowest BCUT2D eigenvalue weighted by Gasteiger charge is -2.00. The first kappa shape index (κ1) is 15.1. The SMILES string of the molecule is Cc1ccc2c(c1)ncc1c(=O)n(-c3ccc(CC(C)C)s3)[nH]c12. The molecule has 24 heavy (non-hydrogen) atoms. The Hall–Kier alpha value is -2.40. The molecule has 0 amide bonds. The summed E-state index contributed by atoms with van der Waals surface area (Å²) in [6.07, 6.45) is 2.71. The molecule has 0 unspecified atom stereocenters. The van der Waals surface area contributed by atoms with E-state index in [0.29, 0.717) is 11.3 Å². The molecule has 4 aromatic rings. The van der Waals surface area contributed by atoms with Crippen LogP contribution in [-0.2, 0) is 6.42 Å². The molecular weight excluding hydrogens is 318 g/mol. The Morgan fingerprint density at radius 3 is 2.83 bits per heavy atom. The van der Waals surface area contributed by atoms with Crippen molar-refractivity contribution >= 4 is 33.1 Å². The van der Waals surface area contributed by atoms with Crippen molar-refractivity contribution in [1.82, 2.24) is 14.8 Å². The van der Waals surface area contributed by atoms with Gasteiger partial charge >= 0.3 is 0 Å². The molecule has 0 aliphatic rings. The molecule has 4 nitrogen and oxygen atoms in total. The summed E-state index contributed by atoms with van der Waals surface area (Å²) in [7, 11) is 0. The van der Waals surface area contributed by atoms with Crippen molar-refractivity contribution in [1.29, 1.82) is 0 Å². The minimum Gasteiger partial charge on any atom is -0.289 e. The zero-order valence-corrected chi connectivity index (χ0v) is 14.8. The van der Waals surface area contributed by atoms with E-state index in [4.69, 9.17) is 0 Å². The zero-order valence-electron chi connectivity index (χ0n) is 14.0. The number of hydrogen-bond acceptors (Lipinski definition) is 3. The average Bonchev–Trinajstić information content (AvgIpc) is 3.11. The van der Waals surface area contributed by atoms with Crippen LogP contribution in [0, 0.1) is 12.8 Å². The summed E-state index contributed by atoms with van der Waals surface area (Å²) in [6.45, 7) is 6.45. The molecule has 0 saturated carbocycles. The van der Waals surface area contributed by atoms with Crippen molar-refractivity contribution in [2.75, 3.05) is 0 Å². The third-order valence-electron chi connectivity index (χ3n) is 4.16. The molecule has 0 radical (unpaired) electrons. The highest BCUT2D eigenvalue weighted by Gasteiger charge is 2.13. The third-order valence-corrected chi connectivity index (χ3v) is 5.25. The molecule has 3 aromatic heterocycles. The van der Waals surface area contributed by atoms with Gasteiger partial charge in [-0.2, -0.15) is 0 Å². The summed E-state index contributed by atoms with van der Waals surface area (Å²) in [5.74, 6) is 0.604. The van der Waals surface area contributed by atoms with E-state index in [9.17, 15) is 4.79 Å². The van der Waals surface area contributed by atoms with Gasteiger partial charge in [-0.25, -0.2) is 4.68 Å². The van der Waals surface area contributed by atoms with E-state index in [0.717, 1.165) is 33.4 Å². The molecule has 0 atom stereocenters. The quantitative estimate of drug-likeness (QED) is 0.601. The van der Waals surface area contributed by atoms with Gasteiger partial charge in [0.1, 0.15) is 5.00 Å². The molecule has 122 valence electrons. The second-order valence-electron chi connectivity index (χ2n) is 6.66. The van der Waals surface area contributed by atoms with Crippen molar-refractivity contribution < 1.29 is 0 Å². The molecule has 0 fully saturated rings. The van der Waals surface area contributed by atoms with Crippen molar-refractivity contribution in [2.45, 2.75) is 27.2 Å².